The summed E-state index contributed by atoms with van der Waals surface area (Å²) in [7, 11) is 0. The molecule has 0 radical (unpaired) electrons. The lowest BCUT2D eigenvalue weighted by atomic mass is 10.0. The minimum absolute atomic E-state index is 0.0131. The van der Waals surface area contributed by atoms with Gasteiger partial charge in [-0.2, -0.15) is 0 Å². The Morgan fingerprint density at radius 1 is 0.391 bits per heavy atom. The maximum Gasteiger partial charge on any atom is 0.305 e. The maximum absolute atomic E-state index is 12.5. The van der Waals surface area contributed by atoms with Gasteiger partial charge in [0, 0.05) is 12.8 Å². The number of nitrogens with one attached hydrogen (secondary N) is 1. The van der Waals surface area contributed by atoms with Gasteiger partial charge in [0.1, 0.15) is 0 Å². The average Bonchev–Trinajstić information content (AvgIpc) is 3.35. The second kappa shape index (κ2) is 59.2. The van der Waals surface area contributed by atoms with Gasteiger partial charge < -0.3 is 20.3 Å². The van der Waals surface area contributed by atoms with Crippen molar-refractivity contribution in [3.05, 3.63) is 12.2 Å². The third kappa shape index (κ3) is 55.8. The van der Waals surface area contributed by atoms with Crippen molar-refractivity contribution >= 4 is 11.9 Å². The Bertz CT molecular complexity index is 1030. The Kier molecular flexibility index (Phi) is 58.0. The van der Waals surface area contributed by atoms with Crippen LogP contribution >= 0.6 is 0 Å². The van der Waals surface area contributed by atoms with Gasteiger partial charge in [-0.05, 0) is 32.1 Å². The van der Waals surface area contributed by atoms with E-state index in [0.717, 1.165) is 38.5 Å². The first kappa shape index (κ1) is 67.6. The standard InChI is InChI=1S/C63H123NO5/c1-3-5-7-9-11-13-15-16-17-18-23-26-29-32-36-39-43-47-51-55-61(66)60(59-65)64-62(67)56-52-48-44-40-37-33-30-27-24-21-19-20-22-25-28-31-34-38-42-46-50-54-58-69-63(68)57-53-49-45-41-35-14-12-10-8-6-4-2/h51,55,60-61,65-66H,3-50,52-54,56-59H2,1-2H3,(H,64,67)/b55-51+. The van der Waals surface area contributed by atoms with Gasteiger partial charge in [-0.15, -0.1) is 0 Å². The third-order valence-corrected chi connectivity index (χ3v) is 14.8. The molecule has 0 aromatic heterocycles. The molecule has 0 bridgehead atoms. The van der Waals surface area contributed by atoms with E-state index < -0.39 is 12.1 Å². The van der Waals surface area contributed by atoms with Crippen molar-refractivity contribution in [2.45, 2.75) is 366 Å². The first-order valence-corrected chi connectivity index (χ1v) is 31.5. The van der Waals surface area contributed by atoms with Crippen molar-refractivity contribution in [2.75, 3.05) is 13.2 Å². The highest BCUT2D eigenvalue weighted by atomic mass is 16.5. The van der Waals surface area contributed by atoms with Gasteiger partial charge in [0.05, 0.1) is 25.4 Å². The number of carbonyl (C=O) groups excluding carboxylic acids is 2. The van der Waals surface area contributed by atoms with E-state index in [4.69, 9.17) is 4.74 Å². The first-order chi connectivity index (χ1) is 34.0. The van der Waals surface area contributed by atoms with Gasteiger partial charge in [-0.25, -0.2) is 0 Å². The zero-order valence-electron chi connectivity index (χ0n) is 46.8. The lowest BCUT2D eigenvalue weighted by Gasteiger charge is -2.20. The number of rotatable bonds is 59. The average molecular weight is 975 g/mol. The molecule has 0 aliphatic rings. The fourth-order valence-corrected chi connectivity index (χ4v) is 9.99. The summed E-state index contributed by atoms with van der Waals surface area (Å²) in [6.07, 6.45) is 71.1. The van der Waals surface area contributed by atoms with Crippen molar-refractivity contribution in [3.8, 4) is 0 Å². The summed E-state index contributed by atoms with van der Waals surface area (Å²) in [5.41, 5.74) is 0. The van der Waals surface area contributed by atoms with Crippen LogP contribution in [-0.2, 0) is 14.3 Å². The van der Waals surface area contributed by atoms with E-state index in [0.29, 0.717) is 19.4 Å². The SMILES string of the molecule is CCCCCCCCCCCCCCCCCCC/C=C/C(O)C(CO)NC(=O)CCCCCCCCCCCCCCCCCCCCCCCCOC(=O)CCCCCCCCCCCCC. The van der Waals surface area contributed by atoms with E-state index in [9.17, 15) is 19.8 Å². The molecule has 3 N–H and O–H groups in total. The van der Waals surface area contributed by atoms with Gasteiger partial charge in [-0.1, -0.05) is 321 Å². The lowest BCUT2D eigenvalue weighted by molar-refractivity contribution is -0.143. The van der Waals surface area contributed by atoms with Crippen molar-refractivity contribution in [3.63, 3.8) is 0 Å². The van der Waals surface area contributed by atoms with Gasteiger partial charge in [-0.3, -0.25) is 9.59 Å². The number of hydrogen-bond donors (Lipinski definition) is 3. The van der Waals surface area contributed by atoms with Crippen LogP contribution in [0.15, 0.2) is 12.2 Å². The van der Waals surface area contributed by atoms with Crippen LogP contribution < -0.4 is 5.32 Å². The van der Waals surface area contributed by atoms with E-state index in [1.165, 1.54) is 289 Å². The maximum atomic E-state index is 12.5. The molecule has 6 heteroatoms. The molecular formula is C63H123NO5. The summed E-state index contributed by atoms with van der Waals surface area (Å²) in [5, 5.41) is 23.2. The Labute approximate surface area is 431 Å². The number of aliphatic hydroxyl groups is 2. The topological polar surface area (TPSA) is 95.9 Å². The molecule has 1 amide bonds. The number of esters is 1. The Morgan fingerprint density at radius 3 is 0.986 bits per heavy atom. The Hall–Kier alpha value is -1.40. The molecule has 0 saturated heterocycles. The predicted octanol–water partition coefficient (Wildman–Crippen LogP) is 19.6. The lowest BCUT2D eigenvalue weighted by Crippen LogP contribution is -2.45. The molecule has 410 valence electrons. The van der Waals surface area contributed by atoms with Crippen molar-refractivity contribution in [1.82, 2.24) is 5.32 Å². The molecule has 2 atom stereocenters. The highest BCUT2D eigenvalue weighted by Crippen LogP contribution is 2.18. The molecule has 0 fully saturated rings. The number of amides is 1. The number of allylic oxidation sites excluding steroid dienone is 1. The van der Waals surface area contributed by atoms with Crippen LogP contribution in [0.25, 0.3) is 0 Å². The second-order valence-electron chi connectivity index (χ2n) is 21.8. The fourth-order valence-electron chi connectivity index (χ4n) is 9.99. The molecule has 0 heterocycles. The molecule has 69 heavy (non-hydrogen) atoms. The number of aliphatic hydroxyl groups excluding tert-OH is 2. The summed E-state index contributed by atoms with van der Waals surface area (Å²) < 4.78 is 5.47. The summed E-state index contributed by atoms with van der Waals surface area (Å²) >= 11 is 0. The molecule has 0 aromatic rings. The Balaban J connectivity index is 3.41. The van der Waals surface area contributed by atoms with Crippen LogP contribution in [0.3, 0.4) is 0 Å². The second-order valence-corrected chi connectivity index (χ2v) is 21.8. The molecular weight excluding hydrogens is 851 g/mol. The van der Waals surface area contributed by atoms with Crippen LogP contribution in [-0.4, -0.2) is 47.4 Å². The summed E-state index contributed by atoms with van der Waals surface area (Å²) in [6.45, 7) is 4.93. The molecule has 0 saturated carbocycles. The predicted molar refractivity (Wildman–Crippen MR) is 301 cm³/mol. The zero-order chi connectivity index (χ0) is 50.0. The molecule has 6 nitrogen and oxygen atoms in total. The van der Waals surface area contributed by atoms with Crippen LogP contribution in [0, 0.1) is 0 Å². The molecule has 0 aliphatic carbocycles. The number of unbranched alkanes of at least 4 members (excludes halogenated alkanes) is 48. The van der Waals surface area contributed by atoms with Crippen LogP contribution in [0.2, 0.25) is 0 Å². The van der Waals surface area contributed by atoms with Crippen LogP contribution in [0.5, 0.6) is 0 Å². The number of carbonyl (C=O) groups is 2. The van der Waals surface area contributed by atoms with E-state index in [1.807, 2.05) is 6.08 Å². The first-order valence-electron chi connectivity index (χ1n) is 31.5. The summed E-state index contributed by atoms with van der Waals surface area (Å²) in [4.78, 5) is 24.5. The number of ether oxygens (including phenoxy) is 1. The minimum Gasteiger partial charge on any atom is -0.466 e. The van der Waals surface area contributed by atoms with E-state index >= 15 is 0 Å². The molecule has 0 aliphatic heterocycles. The van der Waals surface area contributed by atoms with E-state index in [-0.39, 0.29) is 18.5 Å². The quantitative estimate of drug-likeness (QED) is 0.0321. The van der Waals surface area contributed by atoms with Gasteiger partial charge in [0.15, 0.2) is 0 Å². The van der Waals surface area contributed by atoms with Crippen molar-refractivity contribution < 1.29 is 24.5 Å². The smallest absolute Gasteiger partial charge is 0.305 e. The van der Waals surface area contributed by atoms with Gasteiger partial charge in [0.2, 0.25) is 5.91 Å². The molecule has 0 spiro atoms. The van der Waals surface area contributed by atoms with E-state index in [2.05, 4.69) is 19.2 Å². The molecule has 0 rings (SSSR count). The number of hydrogen-bond acceptors (Lipinski definition) is 5. The summed E-state index contributed by atoms with van der Waals surface area (Å²) in [6, 6.07) is -0.627. The minimum atomic E-state index is -0.844. The van der Waals surface area contributed by atoms with Gasteiger partial charge in [0.25, 0.3) is 0 Å². The Morgan fingerprint density at radius 2 is 0.667 bits per heavy atom. The summed E-state index contributed by atoms with van der Waals surface area (Å²) in [5.74, 6) is -0.0516. The fraction of sp³-hybridized carbons (Fsp3) is 0.937. The van der Waals surface area contributed by atoms with Crippen molar-refractivity contribution in [1.29, 1.82) is 0 Å². The normalized spacial score (nSPS) is 12.6. The molecule has 0 aromatic carbocycles. The zero-order valence-corrected chi connectivity index (χ0v) is 46.8. The van der Waals surface area contributed by atoms with Crippen LogP contribution in [0.1, 0.15) is 354 Å². The highest BCUT2D eigenvalue weighted by molar-refractivity contribution is 5.76. The van der Waals surface area contributed by atoms with Crippen LogP contribution in [0.4, 0.5) is 0 Å². The van der Waals surface area contributed by atoms with Crippen molar-refractivity contribution in [2.24, 2.45) is 0 Å². The largest absolute Gasteiger partial charge is 0.466 e. The third-order valence-electron chi connectivity index (χ3n) is 14.8. The van der Waals surface area contributed by atoms with Gasteiger partial charge >= 0.3 is 5.97 Å². The highest BCUT2D eigenvalue weighted by Gasteiger charge is 2.18. The monoisotopic (exact) mass is 974 g/mol. The van der Waals surface area contributed by atoms with E-state index in [1.54, 1.807) is 6.08 Å². The molecule has 2 unspecified atom stereocenters.